The number of carbonyl (C=O) groups is 1. The van der Waals surface area contributed by atoms with Gasteiger partial charge in [0, 0.05) is 17.2 Å². The van der Waals surface area contributed by atoms with E-state index in [9.17, 15) is 20.0 Å². The zero-order chi connectivity index (χ0) is 19.4. The van der Waals surface area contributed by atoms with Crippen LogP contribution in [0, 0.1) is 16.0 Å². The van der Waals surface area contributed by atoms with Gasteiger partial charge in [0.25, 0.3) is 11.5 Å². The highest BCUT2D eigenvalue weighted by Crippen LogP contribution is 2.60. The zero-order valence-electron chi connectivity index (χ0n) is 14.9. The third-order valence-electron chi connectivity index (χ3n) is 6.70. The predicted molar refractivity (Wildman–Crippen MR) is 95.4 cm³/mol. The van der Waals surface area contributed by atoms with Gasteiger partial charge in [0.2, 0.25) is 0 Å². The molecule has 27 heavy (non-hydrogen) atoms. The van der Waals surface area contributed by atoms with Crippen molar-refractivity contribution in [3.8, 4) is 5.75 Å². The highest BCUT2D eigenvalue weighted by molar-refractivity contribution is 6.11. The van der Waals surface area contributed by atoms with Gasteiger partial charge < -0.3 is 15.6 Å². The van der Waals surface area contributed by atoms with Gasteiger partial charge >= 0.3 is 0 Å². The van der Waals surface area contributed by atoms with E-state index in [1.807, 2.05) is 6.07 Å². The SMILES string of the molecule is C[C@H]1C[C@@]1(C)c1ccc2c(c1)OC1(O)c3c(cccc3[N+](=O)[O-])C(=O)C21N. The molecule has 0 aromatic heterocycles. The van der Waals surface area contributed by atoms with E-state index in [2.05, 4.69) is 13.8 Å². The maximum absolute atomic E-state index is 13.1. The zero-order valence-corrected chi connectivity index (χ0v) is 14.9. The summed E-state index contributed by atoms with van der Waals surface area (Å²) in [7, 11) is 0. The van der Waals surface area contributed by atoms with E-state index >= 15 is 0 Å². The van der Waals surface area contributed by atoms with Crippen LogP contribution >= 0.6 is 0 Å². The quantitative estimate of drug-likeness (QED) is 0.623. The molecule has 5 rings (SSSR count). The lowest BCUT2D eigenvalue weighted by Gasteiger charge is -2.29. The van der Waals surface area contributed by atoms with Crippen molar-refractivity contribution in [2.45, 2.75) is 37.0 Å². The van der Waals surface area contributed by atoms with Crippen LogP contribution in [-0.4, -0.2) is 15.8 Å². The number of carbonyl (C=O) groups excluding carboxylic acids is 1. The molecule has 3 aliphatic rings. The molecule has 0 bridgehead atoms. The Labute approximate surface area is 154 Å². The Morgan fingerprint density at radius 2 is 2.04 bits per heavy atom. The first-order valence-corrected chi connectivity index (χ1v) is 8.82. The molecule has 2 aliphatic carbocycles. The molecule has 2 aromatic carbocycles. The molecule has 0 radical (unpaired) electrons. The van der Waals surface area contributed by atoms with Crippen molar-refractivity contribution >= 4 is 11.5 Å². The number of nitro benzene ring substituents is 1. The number of fused-ring (bicyclic) bond motifs is 5. The van der Waals surface area contributed by atoms with Gasteiger partial charge in [-0.1, -0.05) is 38.1 Å². The summed E-state index contributed by atoms with van der Waals surface area (Å²) in [6.45, 7) is 4.30. The number of ketones is 1. The standard InChI is InChI=1S/C20H18N2O5/c1-10-9-18(10,2)11-6-7-13-15(8-11)27-20(24)16-12(17(23)19(13,20)21)4-3-5-14(16)22(25)26/h3-8,10,24H,9,21H2,1-2H3/t10-,18+,19?,20?/m0/s1. The van der Waals surface area contributed by atoms with E-state index in [1.165, 1.54) is 18.2 Å². The number of hydrogen-bond acceptors (Lipinski definition) is 6. The molecule has 1 saturated carbocycles. The molecule has 3 N–H and O–H groups in total. The fourth-order valence-electron chi connectivity index (χ4n) is 4.66. The monoisotopic (exact) mass is 366 g/mol. The van der Waals surface area contributed by atoms with Crippen LogP contribution in [0.15, 0.2) is 36.4 Å². The summed E-state index contributed by atoms with van der Waals surface area (Å²) in [4.78, 5) is 24.0. The summed E-state index contributed by atoms with van der Waals surface area (Å²) >= 11 is 0. The van der Waals surface area contributed by atoms with Gasteiger partial charge in [-0.05, 0) is 29.4 Å². The number of nitrogens with zero attached hydrogens (tertiary/aromatic N) is 1. The maximum atomic E-state index is 13.1. The second-order valence-electron chi connectivity index (χ2n) is 8.07. The Hall–Kier alpha value is -2.77. The third-order valence-corrected chi connectivity index (χ3v) is 6.70. The summed E-state index contributed by atoms with van der Waals surface area (Å²) in [6, 6.07) is 9.47. The van der Waals surface area contributed by atoms with E-state index < -0.39 is 22.0 Å². The van der Waals surface area contributed by atoms with Crippen molar-refractivity contribution in [2.24, 2.45) is 11.7 Å². The minimum atomic E-state index is -2.31. The summed E-state index contributed by atoms with van der Waals surface area (Å²) < 4.78 is 5.81. The van der Waals surface area contributed by atoms with E-state index in [4.69, 9.17) is 10.5 Å². The van der Waals surface area contributed by atoms with Gasteiger partial charge in [-0.25, -0.2) is 0 Å². The molecular formula is C20H18N2O5. The molecule has 1 aliphatic heterocycles. The van der Waals surface area contributed by atoms with Crippen molar-refractivity contribution in [1.82, 2.24) is 0 Å². The van der Waals surface area contributed by atoms with E-state index in [0.29, 0.717) is 17.2 Å². The van der Waals surface area contributed by atoms with Gasteiger partial charge in [-0.3, -0.25) is 14.9 Å². The molecule has 2 aromatic rings. The number of nitrogens with two attached hydrogens (primary N) is 1. The van der Waals surface area contributed by atoms with Crippen molar-refractivity contribution in [3.63, 3.8) is 0 Å². The molecule has 0 spiro atoms. The number of benzene rings is 2. The van der Waals surface area contributed by atoms with Crippen LogP contribution in [0.1, 0.15) is 47.3 Å². The van der Waals surface area contributed by atoms with E-state index in [-0.39, 0.29) is 22.2 Å². The van der Waals surface area contributed by atoms with Crippen LogP contribution in [0.2, 0.25) is 0 Å². The summed E-state index contributed by atoms with van der Waals surface area (Å²) in [5, 5.41) is 22.8. The van der Waals surface area contributed by atoms with Crippen molar-refractivity contribution < 1.29 is 19.6 Å². The lowest BCUT2D eigenvalue weighted by Crippen LogP contribution is -2.55. The number of nitro groups is 1. The second-order valence-corrected chi connectivity index (χ2v) is 8.07. The fourth-order valence-corrected chi connectivity index (χ4v) is 4.66. The van der Waals surface area contributed by atoms with Gasteiger partial charge in [-0.15, -0.1) is 0 Å². The lowest BCUT2D eigenvalue weighted by molar-refractivity contribution is -0.388. The van der Waals surface area contributed by atoms with Gasteiger partial charge in [0.05, 0.1) is 4.92 Å². The van der Waals surface area contributed by atoms with Crippen LogP contribution < -0.4 is 10.5 Å². The largest absolute Gasteiger partial charge is 0.455 e. The average Bonchev–Trinajstić information content (AvgIpc) is 3.13. The molecule has 0 amide bonds. The number of ether oxygens (including phenoxy) is 1. The number of hydrogen-bond donors (Lipinski definition) is 2. The predicted octanol–water partition coefficient (Wildman–Crippen LogP) is 2.48. The van der Waals surface area contributed by atoms with E-state index in [0.717, 1.165) is 12.0 Å². The Morgan fingerprint density at radius 1 is 1.33 bits per heavy atom. The lowest BCUT2D eigenvalue weighted by atomic mass is 9.83. The smallest absolute Gasteiger partial charge is 0.280 e. The first kappa shape index (κ1) is 16.4. The van der Waals surface area contributed by atoms with Crippen LogP contribution in [0.25, 0.3) is 0 Å². The number of aliphatic hydroxyl groups is 1. The van der Waals surface area contributed by atoms with Crippen LogP contribution in [0.3, 0.4) is 0 Å². The third kappa shape index (κ3) is 1.67. The van der Waals surface area contributed by atoms with Gasteiger partial charge in [0.15, 0.2) is 11.3 Å². The second kappa shape index (κ2) is 4.55. The van der Waals surface area contributed by atoms with Gasteiger partial charge in [-0.2, -0.15) is 0 Å². The first-order valence-electron chi connectivity index (χ1n) is 8.82. The fraction of sp³-hybridized carbons (Fsp3) is 0.350. The topological polar surface area (TPSA) is 116 Å². The maximum Gasteiger partial charge on any atom is 0.280 e. The molecule has 138 valence electrons. The van der Waals surface area contributed by atoms with Crippen molar-refractivity contribution in [1.29, 1.82) is 0 Å². The summed E-state index contributed by atoms with van der Waals surface area (Å²) in [5.74, 6) is -2.06. The number of rotatable bonds is 2. The summed E-state index contributed by atoms with van der Waals surface area (Å²) in [5.41, 5.74) is 5.39. The molecular weight excluding hydrogens is 348 g/mol. The molecule has 1 heterocycles. The normalized spacial score (nSPS) is 35.3. The molecule has 2 unspecified atom stereocenters. The first-order chi connectivity index (χ1) is 12.6. The average molecular weight is 366 g/mol. The van der Waals surface area contributed by atoms with Crippen LogP contribution in [0.5, 0.6) is 5.75 Å². The van der Waals surface area contributed by atoms with Crippen molar-refractivity contribution in [3.05, 3.63) is 68.8 Å². The summed E-state index contributed by atoms with van der Waals surface area (Å²) in [6.07, 6.45) is 1.04. The van der Waals surface area contributed by atoms with Crippen LogP contribution in [0.4, 0.5) is 5.69 Å². The van der Waals surface area contributed by atoms with Crippen molar-refractivity contribution in [2.75, 3.05) is 0 Å². The highest BCUT2D eigenvalue weighted by Gasteiger charge is 2.71. The Morgan fingerprint density at radius 3 is 2.67 bits per heavy atom. The molecule has 7 heteroatoms. The van der Waals surface area contributed by atoms with Gasteiger partial charge in [0.1, 0.15) is 11.3 Å². The Kier molecular flexibility index (Phi) is 2.76. The molecule has 7 nitrogen and oxygen atoms in total. The minimum absolute atomic E-state index is 0.0201. The molecule has 1 fully saturated rings. The Bertz CT molecular complexity index is 1070. The Balaban J connectivity index is 1.73. The molecule has 4 atom stereocenters. The number of Topliss-reactive ketones (excluding diaryl/α,β-unsaturated/α-hetero) is 1. The highest BCUT2D eigenvalue weighted by atomic mass is 16.6. The minimum Gasteiger partial charge on any atom is -0.455 e. The van der Waals surface area contributed by atoms with E-state index in [1.54, 1.807) is 12.1 Å². The van der Waals surface area contributed by atoms with Crippen LogP contribution in [-0.2, 0) is 16.7 Å². The molecule has 0 saturated heterocycles.